The summed E-state index contributed by atoms with van der Waals surface area (Å²) in [5.74, 6) is 0.280. The van der Waals surface area contributed by atoms with Crippen LogP contribution in [0.5, 0.6) is 0 Å². The van der Waals surface area contributed by atoms with Gasteiger partial charge in [-0.3, -0.25) is 0 Å². The first-order chi connectivity index (χ1) is 8.67. The zero-order valence-corrected chi connectivity index (χ0v) is 12.3. The van der Waals surface area contributed by atoms with Crippen LogP contribution in [-0.4, -0.2) is 18.3 Å². The molecule has 4 heteroatoms. The first kappa shape index (κ1) is 15.6. The molecule has 2 nitrogen and oxygen atoms in total. The molecule has 0 fully saturated rings. The SMILES string of the molecule is CCCC(CCO)CNCc1cc(F)ccc1Br. The molecule has 0 saturated heterocycles. The summed E-state index contributed by atoms with van der Waals surface area (Å²) in [5, 5.41) is 12.3. The van der Waals surface area contributed by atoms with E-state index in [-0.39, 0.29) is 12.4 Å². The zero-order chi connectivity index (χ0) is 13.4. The van der Waals surface area contributed by atoms with Gasteiger partial charge >= 0.3 is 0 Å². The molecule has 0 bridgehead atoms. The second-order valence-corrected chi connectivity index (χ2v) is 5.39. The maximum Gasteiger partial charge on any atom is 0.123 e. The standard InChI is InChI=1S/C14H21BrFNO/c1-2-3-11(6-7-18)9-17-10-12-8-13(16)4-5-14(12)15/h4-5,8,11,17-18H,2-3,6-7,9-10H2,1H3. The fourth-order valence-electron chi connectivity index (χ4n) is 2.03. The smallest absolute Gasteiger partial charge is 0.123 e. The molecular formula is C14H21BrFNO. The van der Waals surface area contributed by atoms with Crippen molar-refractivity contribution in [2.45, 2.75) is 32.7 Å². The summed E-state index contributed by atoms with van der Waals surface area (Å²) in [6.07, 6.45) is 3.05. The minimum absolute atomic E-state index is 0.213. The van der Waals surface area contributed by atoms with E-state index in [2.05, 4.69) is 28.2 Å². The average Bonchev–Trinajstić information content (AvgIpc) is 2.34. The minimum atomic E-state index is -0.213. The molecule has 0 aliphatic heterocycles. The predicted molar refractivity (Wildman–Crippen MR) is 75.9 cm³/mol. The van der Waals surface area contributed by atoms with Gasteiger partial charge in [-0.1, -0.05) is 29.3 Å². The minimum Gasteiger partial charge on any atom is -0.396 e. The topological polar surface area (TPSA) is 32.3 Å². The highest BCUT2D eigenvalue weighted by atomic mass is 79.9. The molecule has 1 aromatic carbocycles. The maximum atomic E-state index is 13.1. The Labute approximate surface area is 117 Å². The summed E-state index contributed by atoms with van der Waals surface area (Å²) >= 11 is 3.41. The summed E-state index contributed by atoms with van der Waals surface area (Å²) in [7, 11) is 0. The number of hydrogen-bond donors (Lipinski definition) is 2. The van der Waals surface area contributed by atoms with E-state index in [9.17, 15) is 4.39 Å². The first-order valence-corrected chi connectivity index (χ1v) is 7.22. The lowest BCUT2D eigenvalue weighted by molar-refractivity contribution is 0.248. The van der Waals surface area contributed by atoms with Gasteiger partial charge in [-0.05, 0) is 49.1 Å². The third kappa shape index (κ3) is 5.46. The molecule has 0 saturated carbocycles. The Morgan fingerprint density at radius 2 is 2.17 bits per heavy atom. The molecule has 0 spiro atoms. The van der Waals surface area contributed by atoms with Crippen LogP contribution in [0.3, 0.4) is 0 Å². The van der Waals surface area contributed by atoms with E-state index in [1.807, 2.05) is 0 Å². The van der Waals surface area contributed by atoms with Crippen LogP contribution in [-0.2, 0) is 6.54 Å². The number of hydrogen-bond acceptors (Lipinski definition) is 2. The van der Waals surface area contributed by atoms with Gasteiger partial charge in [0, 0.05) is 17.6 Å². The van der Waals surface area contributed by atoms with E-state index in [0.717, 1.165) is 35.8 Å². The van der Waals surface area contributed by atoms with E-state index >= 15 is 0 Å². The molecule has 1 atom stereocenters. The highest BCUT2D eigenvalue weighted by Gasteiger charge is 2.07. The van der Waals surface area contributed by atoms with Crippen LogP contribution >= 0.6 is 15.9 Å². The summed E-state index contributed by atoms with van der Waals surface area (Å²) in [5.41, 5.74) is 0.925. The van der Waals surface area contributed by atoms with Crippen molar-refractivity contribution in [1.82, 2.24) is 5.32 Å². The Morgan fingerprint density at radius 1 is 1.39 bits per heavy atom. The van der Waals surface area contributed by atoms with Gasteiger partial charge < -0.3 is 10.4 Å². The number of nitrogens with one attached hydrogen (secondary N) is 1. The van der Waals surface area contributed by atoms with Gasteiger partial charge in [-0.25, -0.2) is 4.39 Å². The van der Waals surface area contributed by atoms with E-state index in [4.69, 9.17) is 5.11 Å². The molecular weight excluding hydrogens is 297 g/mol. The van der Waals surface area contributed by atoms with Crippen LogP contribution in [0.15, 0.2) is 22.7 Å². The number of benzene rings is 1. The fourth-order valence-corrected chi connectivity index (χ4v) is 2.42. The van der Waals surface area contributed by atoms with Crippen molar-refractivity contribution in [3.8, 4) is 0 Å². The fraction of sp³-hybridized carbons (Fsp3) is 0.571. The molecule has 0 aliphatic carbocycles. The molecule has 18 heavy (non-hydrogen) atoms. The van der Waals surface area contributed by atoms with Crippen molar-refractivity contribution in [2.24, 2.45) is 5.92 Å². The lowest BCUT2D eigenvalue weighted by Gasteiger charge is -2.16. The number of aliphatic hydroxyl groups is 1. The monoisotopic (exact) mass is 317 g/mol. The molecule has 0 aromatic heterocycles. The molecule has 102 valence electrons. The second-order valence-electron chi connectivity index (χ2n) is 4.53. The van der Waals surface area contributed by atoms with Gasteiger partial charge in [-0.2, -0.15) is 0 Å². The van der Waals surface area contributed by atoms with Crippen LogP contribution in [0, 0.1) is 11.7 Å². The van der Waals surface area contributed by atoms with Crippen molar-refractivity contribution in [1.29, 1.82) is 0 Å². The highest BCUT2D eigenvalue weighted by Crippen LogP contribution is 2.18. The summed E-state index contributed by atoms with van der Waals surface area (Å²) in [6.45, 7) is 3.88. The van der Waals surface area contributed by atoms with Crippen LogP contribution < -0.4 is 5.32 Å². The largest absolute Gasteiger partial charge is 0.396 e. The molecule has 1 unspecified atom stereocenters. The molecule has 0 amide bonds. The van der Waals surface area contributed by atoms with Crippen molar-refractivity contribution < 1.29 is 9.50 Å². The van der Waals surface area contributed by atoms with E-state index in [1.165, 1.54) is 12.1 Å². The highest BCUT2D eigenvalue weighted by molar-refractivity contribution is 9.10. The van der Waals surface area contributed by atoms with Gasteiger partial charge in [0.25, 0.3) is 0 Å². The Bertz CT molecular complexity index is 354. The number of aliphatic hydroxyl groups excluding tert-OH is 1. The average molecular weight is 318 g/mol. The molecule has 1 rings (SSSR count). The van der Waals surface area contributed by atoms with Crippen molar-refractivity contribution in [2.75, 3.05) is 13.2 Å². The molecule has 0 radical (unpaired) electrons. The van der Waals surface area contributed by atoms with Crippen LogP contribution in [0.25, 0.3) is 0 Å². The van der Waals surface area contributed by atoms with Gasteiger partial charge in [0.15, 0.2) is 0 Å². The van der Waals surface area contributed by atoms with Gasteiger partial charge in [0.1, 0.15) is 5.82 Å². The van der Waals surface area contributed by atoms with E-state index in [0.29, 0.717) is 12.5 Å². The summed E-state index contributed by atoms with van der Waals surface area (Å²) < 4.78 is 14.0. The third-order valence-corrected chi connectivity index (χ3v) is 3.76. The maximum absolute atomic E-state index is 13.1. The van der Waals surface area contributed by atoms with Crippen LogP contribution in [0.4, 0.5) is 4.39 Å². The number of halogens is 2. The third-order valence-electron chi connectivity index (χ3n) is 2.99. The predicted octanol–water partition coefficient (Wildman–Crippen LogP) is 3.48. The van der Waals surface area contributed by atoms with Gasteiger partial charge in [0.2, 0.25) is 0 Å². The van der Waals surface area contributed by atoms with E-state index < -0.39 is 0 Å². The van der Waals surface area contributed by atoms with Crippen LogP contribution in [0.2, 0.25) is 0 Å². The van der Waals surface area contributed by atoms with Gasteiger partial charge in [-0.15, -0.1) is 0 Å². The molecule has 0 heterocycles. The molecule has 1 aromatic rings. The molecule has 2 N–H and O–H groups in total. The lowest BCUT2D eigenvalue weighted by atomic mass is 10.0. The second kappa shape index (κ2) is 8.62. The molecule has 0 aliphatic rings. The normalized spacial score (nSPS) is 12.7. The van der Waals surface area contributed by atoms with Crippen molar-refractivity contribution in [3.05, 3.63) is 34.1 Å². The van der Waals surface area contributed by atoms with E-state index in [1.54, 1.807) is 6.07 Å². The summed E-state index contributed by atoms with van der Waals surface area (Å²) in [4.78, 5) is 0. The van der Waals surface area contributed by atoms with Crippen molar-refractivity contribution in [3.63, 3.8) is 0 Å². The van der Waals surface area contributed by atoms with Crippen LogP contribution in [0.1, 0.15) is 31.7 Å². The van der Waals surface area contributed by atoms with Gasteiger partial charge in [0.05, 0.1) is 0 Å². The lowest BCUT2D eigenvalue weighted by Crippen LogP contribution is -2.23. The quantitative estimate of drug-likeness (QED) is 0.769. The van der Waals surface area contributed by atoms with Crippen molar-refractivity contribution >= 4 is 15.9 Å². The Hall–Kier alpha value is -0.450. The zero-order valence-electron chi connectivity index (χ0n) is 10.8. The Morgan fingerprint density at radius 3 is 2.83 bits per heavy atom. The Balaban J connectivity index is 2.41. The summed E-state index contributed by atoms with van der Waals surface area (Å²) in [6, 6.07) is 4.71. The first-order valence-electron chi connectivity index (χ1n) is 6.42. The Kier molecular flexibility index (Phi) is 7.47. The number of rotatable bonds is 8.